The van der Waals surface area contributed by atoms with Gasteiger partial charge in [0.05, 0.1) is 0 Å². The summed E-state index contributed by atoms with van der Waals surface area (Å²) in [6.07, 6.45) is 4.66. The van der Waals surface area contributed by atoms with E-state index in [-0.39, 0.29) is 6.04 Å². The van der Waals surface area contributed by atoms with Crippen LogP contribution in [0.3, 0.4) is 0 Å². The highest BCUT2D eigenvalue weighted by molar-refractivity contribution is 5.14. The van der Waals surface area contributed by atoms with Crippen molar-refractivity contribution in [1.82, 2.24) is 9.88 Å². The molecule has 0 fully saturated rings. The number of rotatable bonds is 4. The highest BCUT2D eigenvalue weighted by atomic mass is 15.1. The molecule has 2 unspecified atom stereocenters. The Kier molecular flexibility index (Phi) is 4.04. The van der Waals surface area contributed by atoms with E-state index >= 15 is 0 Å². The van der Waals surface area contributed by atoms with Crippen LogP contribution in [0, 0.1) is 0 Å². The molecule has 0 spiro atoms. The van der Waals surface area contributed by atoms with Crippen LogP contribution in [0.1, 0.15) is 24.9 Å². The Balaban J connectivity index is 2.78. The van der Waals surface area contributed by atoms with Crippen LogP contribution in [0.4, 0.5) is 0 Å². The molecule has 14 heavy (non-hydrogen) atoms. The van der Waals surface area contributed by atoms with Crippen molar-refractivity contribution in [2.75, 3.05) is 14.1 Å². The van der Waals surface area contributed by atoms with Crippen LogP contribution in [-0.4, -0.2) is 30.0 Å². The van der Waals surface area contributed by atoms with E-state index in [9.17, 15) is 0 Å². The van der Waals surface area contributed by atoms with Gasteiger partial charge >= 0.3 is 0 Å². The van der Waals surface area contributed by atoms with Gasteiger partial charge in [-0.25, -0.2) is 0 Å². The van der Waals surface area contributed by atoms with Crippen molar-refractivity contribution >= 4 is 0 Å². The van der Waals surface area contributed by atoms with Gasteiger partial charge in [0.2, 0.25) is 0 Å². The molecular weight excluding hydrogens is 174 g/mol. The van der Waals surface area contributed by atoms with Gasteiger partial charge in [0.15, 0.2) is 0 Å². The second-order valence-electron chi connectivity index (χ2n) is 3.98. The van der Waals surface area contributed by atoms with Crippen molar-refractivity contribution in [1.29, 1.82) is 0 Å². The summed E-state index contributed by atoms with van der Waals surface area (Å²) in [4.78, 5) is 6.31. The molecule has 1 aromatic rings. The molecule has 0 saturated carbocycles. The summed E-state index contributed by atoms with van der Waals surface area (Å²) in [6, 6.07) is 4.64. The quantitative estimate of drug-likeness (QED) is 0.786. The second-order valence-corrected chi connectivity index (χ2v) is 3.98. The first-order chi connectivity index (χ1) is 6.61. The predicted octanol–water partition coefficient (Wildman–Crippen LogP) is 1.42. The van der Waals surface area contributed by atoms with Gasteiger partial charge < -0.3 is 10.6 Å². The first-order valence-electron chi connectivity index (χ1n) is 4.93. The van der Waals surface area contributed by atoms with Gasteiger partial charge in [0.1, 0.15) is 0 Å². The largest absolute Gasteiger partial charge is 0.328 e. The number of aromatic nitrogens is 1. The van der Waals surface area contributed by atoms with E-state index in [0.717, 1.165) is 6.42 Å². The molecule has 0 aliphatic rings. The van der Waals surface area contributed by atoms with Crippen LogP contribution in [0.15, 0.2) is 24.5 Å². The van der Waals surface area contributed by atoms with Crippen LogP contribution in [0.5, 0.6) is 0 Å². The maximum atomic E-state index is 5.82. The molecule has 3 nitrogen and oxygen atoms in total. The number of hydrogen-bond donors (Lipinski definition) is 1. The van der Waals surface area contributed by atoms with E-state index in [1.54, 1.807) is 6.20 Å². The molecule has 0 aliphatic carbocycles. The molecule has 0 aliphatic heterocycles. The molecule has 2 atom stereocenters. The number of hydrogen-bond acceptors (Lipinski definition) is 3. The van der Waals surface area contributed by atoms with Gasteiger partial charge in [-0.1, -0.05) is 6.07 Å². The Morgan fingerprint density at radius 3 is 2.64 bits per heavy atom. The van der Waals surface area contributed by atoms with Gasteiger partial charge in [0, 0.05) is 24.5 Å². The Morgan fingerprint density at radius 1 is 1.50 bits per heavy atom. The standard InChI is InChI=1S/C11H19N3/c1-9(12)7-11(14(2)3)10-5-4-6-13-8-10/h4-6,8-9,11H,7,12H2,1-3H3. The first kappa shape index (κ1) is 11.1. The van der Waals surface area contributed by atoms with Gasteiger partial charge in [-0.15, -0.1) is 0 Å². The molecule has 2 N–H and O–H groups in total. The number of nitrogens with two attached hydrogens (primary N) is 1. The fourth-order valence-corrected chi connectivity index (χ4v) is 1.57. The van der Waals surface area contributed by atoms with Crippen molar-refractivity contribution < 1.29 is 0 Å². The van der Waals surface area contributed by atoms with Crippen molar-refractivity contribution in [2.45, 2.75) is 25.4 Å². The average molecular weight is 193 g/mol. The SMILES string of the molecule is CC(N)CC(c1cccnc1)N(C)C. The third kappa shape index (κ3) is 3.09. The van der Waals surface area contributed by atoms with Crippen molar-refractivity contribution in [3.8, 4) is 0 Å². The Labute approximate surface area is 85.9 Å². The summed E-state index contributed by atoms with van der Waals surface area (Å²) in [6.45, 7) is 2.03. The zero-order chi connectivity index (χ0) is 10.6. The van der Waals surface area contributed by atoms with Crippen molar-refractivity contribution in [3.05, 3.63) is 30.1 Å². The summed E-state index contributed by atoms with van der Waals surface area (Å²) >= 11 is 0. The summed E-state index contributed by atoms with van der Waals surface area (Å²) in [5.74, 6) is 0. The minimum atomic E-state index is 0.211. The summed E-state index contributed by atoms with van der Waals surface area (Å²) in [5, 5.41) is 0. The minimum Gasteiger partial charge on any atom is -0.328 e. The zero-order valence-electron chi connectivity index (χ0n) is 9.14. The summed E-state index contributed by atoms with van der Waals surface area (Å²) < 4.78 is 0. The Bertz CT molecular complexity index is 256. The van der Waals surface area contributed by atoms with Gasteiger partial charge in [-0.3, -0.25) is 4.98 Å². The maximum Gasteiger partial charge on any atom is 0.0371 e. The first-order valence-corrected chi connectivity index (χ1v) is 4.93. The molecule has 1 heterocycles. The molecule has 0 amide bonds. The fraction of sp³-hybridized carbons (Fsp3) is 0.545. The third-order valence-electron chi connectivity index (χ3n) is 2.29. The van der Waals surface area contributed by atoms with E-state index in [2.05, 4.69) is 30.0 Å². The third-order valence-corrected chi connectivity index (χ3v) is 2.29. The lowest BCUT2D eigenvalue weighted by Crippen LogP contribution is -2.27. The second kappa shape index (κ2) is 5.08. The van der Waals surface area contributed by atoms with Crippen molar-refractivity contribution in [3.63, 3.8) is 0 Å². The predicted molar refractivity (Wildman–Crippen MR) is 58.9 cm³/mol. The molecule has 0 bridgehead atoms. The average Bonchev–Trinajstić information content (AvgIpc) is 2.15. The topological polar surface area (TPSA) is 42.1 Å². The molecule has 1 aromatic heterocycles. The Hall–Kier alpha value is -0.930. The number of pyridine rings is 1. The maximum absolute atomic E-state index is 5.82. The summed E-state index contributed by atoms with van der Waals surface area (Å²) in [5.41, 5.74) is 7.05. The lowest BCUT2D eigenvalue weighted by Gasteiger charge is -2.25. The highest BCUT2D eigenvalue weighted by Gasteiger charge is 2.15. The smallest absolute Gasteiger partial charge is 0.0371 e. The van der Waals surface area contributed by atoms with E-state index in [1.165, 1.54) is 5.56 Å². The van der Waals surface area contributed by atoms with E-state index in [1.807, 2.05) is 19.2 Å². The van der Waals surface area contributed by atoms with Crippen LogP contribution in [0.25, 0.3) is 0 Å². The Morgan fingerprint density at radius 2 is 2.21 bits per heavy atom. The van der Waals surface area contributed by atoms with E-state index in [4.69, 9.17) is 5.73 Å². The fourth-order valence-electron chi connectivity index (χ4n) is 1.57. The van der Waals surface area contributed by atoms with Crippen LogP contribution in [0.2, 0.25) is 0 Å². The van der Waals surface area contributed by atoms with Gasteiger partial charge in [0.25, 0.3) is 0 Å². The lowest BCUT2D eigenvalue weighted by molar-refractivity contribution is 0.272. The van der Waals surface area contributed by atoms with Gasteiger partial charge in [-0.2, -0.15) is 0 Å². The van der Waals surface area contributed by atoms with E-state index < -0.39 is 0 Å². The molecule has 0 radical (unpaired) electrons. The molecule has 0 aromatic carbocycles. The zero-order valence-corrected chi connectivity index (χ0v) is 9.14. The molecule has 1 rings (SSSR count). The molecule has 78 valence electrons. The molecule has 3 heteroatoms. The van der Waals surface area contributed by atoms with Crippen LogP contribution >= 0.6 is 0 Å². The van der Waals surface area contributed by atoms with Crippen LogP contribution < -0.4 is 5.73 Å². The van der Waals surface area contributed by atoms with Gasteiger partial charge in [-0.05, 0) is 39.1 Å². The lowest BCUT2D eigenvalue weighted by atomic mass is 10.0. The summed E-state index contributed by atoms with van der Waals surface area (Å²) in [7, 11) is 4.14. The number of nitrogens with zero attached hydrogens (tertiary/aromatic N) is 2. The normalized spacial score (nSPS) is 15.5. The highest BCUT2D eigenvalue weighted by Crippen LogP contribution is 2.21. The van der Waals surface area contributed by atoms with E-state index in [0.29, 0.717) is 6.04 Å². The monoisotopic (exact) mass is 193 g/mol. The van der Waals surface area contributed by atoms with Crippen molar-refractivity contribution in [2.24, 2.45) is 5.73 Å². The van der Waals surface area contributed by atoms with Crippen LogP contribution in [-0.2, 0) is 0 Å². The molecule has 0 saturated heterocycles. The minimum absolute atomic E-state index is 0.211. The molecular formula is C11H19N3.